The van der Waals surface area contributed by atoms with E-state index < -0.39 is 28.5 Å². The highest BCUT2D eigenvalue weighted by molar-refractivity contribution is 7.92. The van der Waals surface area contributed by atoms with Gasteiger partial charge in [0.15, 0.2) is 0 Å². The molecule has 1 fully saturated rings. The molecule has 3 aromatic rings. The number of rotatable bonds is 12. The normalized spacial score (nSPS) is 14.5. The molecule has 0 saturated heterocycles. The lowest BCUT2D eigenvalue weighted by atomic mass is 10.0. The molecule has 4 rings (SSSR count). The monoisotopic (exact) mass is 589 g/mol. The molecule has 0 aliphatic heterocycles. The van der Waals surface area contributed by atoms with Crippen LogP contribution in [-0.2, 0) is 32.6 Å². The first kappa shape index (κ1) is 31.3. The van der Waals surface area contributed by atoms with Crippen LogP contribution < -0.4 is 9.62 Å². The number of nitrogens with one attached hydrogen (secondary N) is 1. The summed E-state index contributed by atoms with van der Waals surface area (Å²) in [6, 6.07) is 24.1. The third-order valence-corrected chi connectivity index (χ3v) is 9.08. The lowest BCUT2D eigenvalue weighted by Gasteiger charge is -2.34. The fourth-order valence-corrected chi connectivity index (χ4v) is 6.48. The third kappa shape index (κ3) is 8.22. The van der Waals surface area contributed by atoms with Crippen LogP contribution in [0.1, 0.15) is 67.7 Å². The van der Waals surface area contributed by atoms with E-state index in [0.717, 1.165) is 54.2 Å². The fourth-order valence-electron chi connectivity index (χ4n) is 5.61. The van der Waals surface area contributed by atoms with Crippen molar-refractivity contribution in [2.45, 2.75) is 77.4 Å². The van der Waals surface area contributed by atoms with E-state index in [1.54, 1.807) is 17.0 Å². The lowest BCUT2D eigenvalue weighted by Crippen LogP contribution is -2.54. The number of sulfonamides is 1. The van der Waals surface area contributed by atoms with Gasteiger partial charge < -0.3 is 10.2 Å². The molecule has 0 radical (unpaired) electrons. The summed E-state index contributed by atoms with van der Waals surface area (Å²) in [5.41, 5.74) is 4.20. The average Bonchev–Trinajstić information content (AvgIpc) is 3.47. The van der Waals surface area contributed by atoms with Gasteiger partial charge in [0.2, 0.25) is 21.8 Å². The maximum Gasteiger partial charge on any atom is 0.244 e. The summed E-state index contributed by atoms with van der Waals surface area (Å²) in [6.45, 7) is 5.76. The van der Waals surface area contributed by atoms with E-state index in [2.05, 4.69) is 5.32 Å². The van der Waals surface area contributed by atoms with Crippen molar-refractivity contribution >= 4 is 27.5 Å². The van der Waals surface area contributed by atoms with E-state index in [0.29, 0.717) is 12.1 Å². The van der Waals surface area contributed by atoms with Crippen LogP contribution in [0.3, 0.4) is 0 Å². The maximum absolute atomic E-state index is 14.3. The summed E-state index contributed by atoms with van der Waals surface area (Å²) in [4.78, 5) is 29.9. The molecule has 1 saturated carbocycles. The molecular weight excluding hydrogens is 546 g/mol. The van der Waals surface area contributed by atoms with E-state index in [4.69, 9.17) is 0 Å². The fraction of sp³-hybridized carbons (Fsp3) is 0.412. The minimum absolute atomic E-state index is 0.0484. The van der Waals surface area contributed by atoms with Gasteiger partial charge in [-0.25, -0.2) is 8.42 Å². The van der Waals surface area contributed by atoms with Gasteiger partial charge in [0.1, 0.15) is 12.6 Å². The number of anilines is 1. The Kier molecular flexibility index (Phi) is 10.4. The molecule has 42 heavy (non-hydrogen) atoms. The Morgan fingerprint density at radius 3 is 2.12 bits per heavy atom. The second-order valence-electron chi connectivity index (χ2n) is 11.7. The number of nitrogens with zero attached hydrogens (tertiary/aromatic N) is 2. The molecule has 0 aromatic heterocycles. The molecule has 7 nitrogen and oxygen atoms in total. The molecule has 1 aliphatic carbocycles. The number of carbonyl (C=O) groups is 2. The molecule has 3 aromatic carbocycles. The Morgan fingerprint density at radius 1 is 0.881 bits per heavy atom. The molecule has 1 N–H and O–H groups in total. The van der Waals surface area contributed by atoms with Gasteiger partial charge in [-0.05, 0) is 48.4 Å². The Morgan fingerprint density at radius 2 is 1.50 bits per heavy atom. The van der Waals surface area contributed by atoms with E-state index >= 15 is 0 Å². The highest BCUT2D eigenvalue weighted by Gasteiger charge is 2.34. The summed E-state index contributed by atoms with van der Waals surface area (Å²) in [5, 5.41) is 3.20. The zero-order chi connectivity index (χ0) is 30.3. The van der Waals surface area contributed by atoms with E-state index in [-0.39, 0.29) is 24.4 Å². The van der Waals surface area contributed by atoms with E-state index in [1.807, 2.05) is 87.5 Å². The molecule has 8 heteroatoms. The molecule has 1 atom stereocenters. The number of aryl methyl sites for hydroxylation is 1. The molecule has 0 spiro atoms. The van der Waals surface area contributed by atoms with Gasteiger partial charge in [0.05, 0.1) is 11.9 Å². The largest absolute Gasteiger partial charge is 0.352 e. The molecule has 0 heterocycles. The standard InChI is InChI=1S/C34H43N3O4S/c1-25(2)30-16-10-11-17-31(30)37(42(4,40)41)24-33(38)36(23-28-20-18-26(3)19-21-28)32(22-27-12-6-5-7-13-27)34(39)35-29-14-8-9-15-29/h5-7,10-13,16-21,25,29,32H,8-9,14-15,22-24H2,1-4H3,(H,35,39)/t32-/m0/s1. The van der Waals surface area contributed by atoms with Crippen molar-refractivity contribution in [3.63, 3.8) is 0 Å². The van der Waals surface area contributed by atoms with Gasteiger partial charge in [-0.2, -0.15) is 0 Å². The summed E-state index contributed by atoms with van der Waals surface area (Å²) < 4.78 is 27.5. The maximum atomic E-state index is 14.3. The summed E-state index contributed by atoms with van der Waals surface area (Å²) in [7, 11) is -3.82. The van der Waals surface area contributed by atoms with Gasteiger partial charge in [-0.15, -0.1) is 0 Å². The zero-order valence-corrected chi connectivity index (χ0v) is 25.9. The van der Waals surface area contributed by atoms with Crippen LogP contribution in [0.2, 0.25) is 0 Å². The van der Waals surface area contributed by atoms with Crippen LogP contribution in [0.25, 0.3) is 0 Å². The quantitative estimate of drug-likeness (QED) is 0.299. The predicted octanol–water partition coefficient (Wildman–Crippen LogP) is 5.58. The Labute approximate surface area is 251 Å². The minimum atomic E-state index is -3.82. The Bertz CT molecular complexity index is 1450. The van der Waals surface area contributed by atoms with Crippen molar-refractivity contribution in [3.8, 4) is 0 Å². The minimum Gasteiger partial charge on any atom is -0.352 e. The van der Waals surface area contributed by atoms with Crippen molar-refractivity contribution in [1.82, 2.24) is 10.2 Å². The van der Waals surface area contributed by atoms with Crippen LogP contribution in [0.4, 0.5) is 5.69 Å². The SMILES string of the molecule is Cc1ccc(CN(C(=O)CN(c2ccccc2C(C)C)S(C)(=O)=O)[C@@H](Cc2ccccc2)C(=O)NC2CCCC2)cc1. The first-order valence-corrected chi connectivity index (χ1v) is 16.6. The van der Waals surface area contributed by atoms with Crippen LogP contribution in [0, 0.1) is 6.92 Å². The molecule has 2 amide bonds. The van der Waals surface area contributed by atoms with Gasteiger partial charge in [-0.3, -0.25) is 13.9 Å². The van der Waals surface area contributed by atoms with E-state index in [9.17, 15) is 18.0 Å². The first-order chi connectivity index (χ1) is 20.0. The lowest BCUT2D eigenvalue weighted by molar-refractivity contribution is -0.140. The number of amides is 2. The van der Waals surface area contributed by atoms with Crippen molar-refractivity contribution in [3.05, 3.63) is 101 Å². The molecule has 1 aliphatic rings. The molecule has 224 valence electrons. The number of para-hydroxylation sites is 1. The van der Waals surface area contributed by atoms with Crippen molar-refractivity contribution in [1.29, 1.82) is 0 Å². The zero-order valence-electron chi connectivity index (χ0n) is 25.1. The van der Waals surface area contributed by atoms with Crippen molar-refractivity contribution in [2.75, 3.05) is 17.1 Å². The third-order valence-electron chi connectivity index (χ3n) is 7.95. The van der Waals surface area contributed by atoms with Gasteiger partial charge >= 0.3 is 0 Å². The topological polar surface area (TPSA) is 86.8 Å². The summed E-state index contributed by atoms with van der Waals surface area (Å²) >= 11 is 0. The first-order valence-electron chi connectivity index (χ1n) is 14.8. The van der Waals surface area contributed by atoms with Crippen molar-refractivity contribution in [2.24, 2.45) is 0 Å². The van der Waals surface area contributed by atoms with Crippen LogP contribution in [0.5, 0.6) is 0 Å². The summed E-state index contributed by atoms with van der Waals surface area (Å²) in [6.07, 6.45) is 5.42. The molecular formula is C34H43N3O4S. The summed E-state index contributed by atoms with van der Waals surface area (Å²) in [5.74, 6) is -0.589. The number of carbonyl (C=O) groups excluding carboxylic acids is 2. The Hall–Kier alpha value is -3.65. The highest BCUT2D eigenvalue weighted by atomic mass is 32.2. The number of benzene rings is 3. The highest BCUT2D eigenvalue weighted by Crippen LogP contribution is 2.29. The van der Waals surface area contributed by atoms with Gasteiger partial charge in [0.25, 0.3) is 0 Å². The molecule has 0 unspecified atom stereocenters. The van der Waals surface area contributed by atoms with E-state index in [1.165, 1.54) is 4.31 Å². The second-order valence-corrected chi connectivity index (χ2v) is 13.6. The van der Waals surface area contributed by atoms with Gasteiger partial charge in [0, 0.05) is 19.0 Å². The van der Waals surface area contributed by atoms with Crippen LogP contribution in [0.15, 0.2) is 78.9 Å². The Balaban J connectivity index is 1.75. The number of hydrogen-bond donors (Lipinski definition) is 1. The predicted molar refractivity (Wildman–Crippen MR) is 169 cm³/mol. The second kappa shape index (κ2) is 14.0. The molecule has 0 bridgehead atoms. The van der Waals surface area contributed by atoms with Crippen LogP contribution >= 0.6 is 0 Å². The van der Waals surface area contributed by atoms with Crippen molar-refractivity contribution < 1.29 is 18.0 Å². The smallest absolute Gasteiger partial charge is 0.244 e. The van der Waals surface area contributed by atoms with Gasteiger partial charge in [-0.1, -0.05) is 105 Å². The number of hydrogen-bond acceptors (Lipinski definition) is 4. The average molecular weight is 590 g/mol. The van der Waals surface area contributed by atoms with Crippen LogP contribution in [-0.4, -0.2) is 50.0 Å².